The second kappa shape index (κ2) is 5.14. The van der Waals surface area contributed by atoms with Gasteiger partial charge in [0.1, 0.15) is 5.82 Å². The molecular weight excluding hydrogens is 296 g/mol. The average Bonchev–Trinajstić information content (AvgIpc) is 2.34. The molecule has 1 heterocycles. The molecule has 0 atom stereocenters. The molecule has 3 N–H and O–H groups in total. The molecule has 1 aromatic heterocycles. The third-order valence-electron chi connectivity index (χ3n) is 2.29. The lowest BCUT2D eigenvalue weighted by atomic mass is 10.2. The number of benzene rings is 1. The summed E-state index contributed by atoms with van der Waals surface area (Å²) < 4.78 is 0.810. The number of carbonyl (C=O) groups is 1. The lowest BCUT2D eigenvalue weighted by Crippen LogP contribution is -2.15. The zero-order valence-electron chi connectivity index (χ0n) is 9.64. The average molecular weight is 307 g/mol. The summed E-state index contributed by atoms with van der Waals surface area (Å²) in [6.07, 6.45) is 0. The maximum atomic E-state index is 11.9. The predicted molar refractivity (Wildman–Crippen MR) is 73.3 cm³/mol. The minimum absolute atomic E-state index is 0.220. The standard InChI is InChI=1S/C12H11BrN4O/c1-7-2-3-8(13)10(6-7)15-12(18)9-4-5-11(14)17-16-9/h2-6H,1H3,(H2,14,17)(H,15,18). The van der Waals surface area contributed by atoms with Crippen LogP contribution in [0.1, 0.15) is 16.1 Å². The molecule has 2 rings (SSSR count). The zero-order valence-corrected chi connectivity index (χ0v) is 11.2. The van der Waals surface area contributed by atoms with E-state index in [2.05, 4.69) is 31.4 Å². The highest BCUT2D eigenvalue weighted by molar-refractivity contribution is 9.10. The molecule has 0 radical (unpaired) electrons. The highest BCUT2D eigenvalue weighted by Crippen LogP contribution is 2.23. The van der Waals surface area contributed by atoms with E-state index in [1.54, 1.807) is 0 Å². The smallest absolute Gasteiger partial charge is 0.276 e. The molecule has 0 aliphatic carbocycles. The molecule has 1 aromatic carbocycles. The third kappa shape index (κ3) is 2.84. The van der Waals surface area contributed by atoms with Crippen molar-refractivity contribution in [2.75, 3.05) is 11.1 Å². The number of nitrogens with one attached hydrogen (secondary N) is 1. The van der Waals surface area contributed by atoms with E-state index < -0.39 is 0 Å². The van der Waals surface area contributed by atoms with Crippen LogP contribution in [0.15, 0.2) is 34.8 Å². The number of aromatic nitrogens is 2. The molecule has 18 heavy (non-hydrogen) atoms. The summed E-state index contributed by atoms with van der Waals surface area (Å²) in [5.74, 6) is -0.0444. The van der Waals surface area contributed by atoms with E-state index >= 15 is 0 Å². The molecule has 5 nitrogen and oxygen atoms in total. The Bertz CT molecular complexity index is 583. The molecular formula is C12H11BrN4O. The Balaban J connectivity index is 2.21. The van der Waals surface area contributed by atoms with E-state index in [-0.39, 0.29) is 17.4 Å². The SMILES string of the molecule is Cc1ccc(Br)c(NC(=O)c2ccc(N)nn2)c1. The lowest BCUT2D eigenvalue weighted by Gasteiger charge is -2.07. The second-order valence-corrected chi connectivity index (χ2v) is 4.64. The molecule has 0 aliphatic rings. The van der Waals surface area contributed by atoms with Crippen molar-refractivity contribution < 1.29 is 4.79 Å². The lowest BCUT2D eigenvalue weighted by molar-refractivity contribution is 0.102. The third-order valence-corrected chi connectivity index (χ3v) is 2.98. The van der Waals surface area contributed by atoms with Crippen molar-refractivity contribution >= 4 is 33.3 Å². The van der Waals surface area contributed by atoms with Gasteiger partial charge in [-0.1, -0.05) is 6.07 Å². The predicted octanol–water partition coefficient (Wildman–Crippen LogP) is 2.38. The van der Waals surface area contributed by atoms with Crippen LogP contribution in [0.2, 0.25) is 0 Å². The molecule has 6 heteroatoms. The quantitative estimate of drug-likeness (QED) is 0.892. The van der Waals surface area contributed by atoms with Crippen molar-refractivity contribution in [3.05, 3.63) is 46.1 Å². The Morgan fingerprint density at radius 3 is 2.72 bits per heavy atom. The van der Waals surface area contributed by atoms with E-state index in [0.29, 0.717) is 5.69 Å². The summed E-state index contributed by atoms with van der Waals surface area (Å²) in [5.41, 5.74) is 7.38. The van der Waals surface area contributed by atoms with Crippen LogP contribution in [0, 0.1) is 6.92 Å². The van der Waals surface area contributed by atoms with Gasteiger partial charge in [-0.3, -0.25) is 4.79 Å². The fourth-order valence-corrected chi connectivity index (χ4v) is 1.73. The van der Waals surface area contributed by atoms with E-state index in [9.17, 15) is 4.79 Å². The van der Waals surface area contributed by atoms with E-state index in [1.165, 1.54) is 12.1 Å². The number of amides is 1. The molecule has 1 amide bonds. The number of aryl methyl sites for hydroxylation is 1. The van der Waals surface area contributed by atoms with Gasteiger partial charge in [-0.15, -0.1) is 10.2 Å². The van der Waals surface area contributed by atoms with Crippen LogP contribution in [0.4, 0.5) is 11.5 Å². The van der Waals surface area contributed by atoms with Crippen LogP contribution in [0.3, 0.4) is 0 Å². The topological polar surface area (TPSA) is 80.9 Å². The van der Waals surface area contributed by atoms with Gasteiger partial charge >= 0.3 is 0 Å². The van der Waals surface area contributed by atoms with Gasteiger partial charge in [-0.25, -0.2) is 0 Å². The summed E-state index contributed by atoms with van der Waals surface area (Å²) >= 11 is 3.37. The van der Waals surface area contributed by atoms with E-state index in [4.69, 9.17) is 5.73 Å². The summed E-state index contributed by atoms with van der Waals surface area (Å²) in [5, 5.41) is 10.1. The number of nitrogens with two attached hydrogens (primary N) is 1. The second-order valence-electron chi connectivity index (χ2n) is 3.78. The summed E-state index contributed by atoms with van der Waals surface area (Å²) in [7, 11) is 0. The number of hydrogen-bond acceptors (Lipinski definition) is 4. The molecule has 0 spiro atoms. The van der Waals surface area contributed by atoms with Crippen molar-refractivity contribution in [2.45, 2.75) is 6.92 Å². The van der Waals surface area contributed by atoms with Crippen LogP contribution >= 0.6 is 15.9 Å². The normalized spacial score (nSPS) is 10.1. The van der Waals surface area contributed by atoms with Crippen molar-refractivity contribution in [1.29, 1.82) is 0 Å². The van der Waals surface area contributed by atoms with Gasteiger partial charge in [-0.2, -0.15) is 0 Å². The van der Waals surface area contributed by atoms with E-state index in [1.807, 2.05) is 25.1 Å². The van der Waals surface area contributed by atoms with Gasteiger partial charge < -0.3 is 11.1 Å². The van der Waals surface area contributed by atoms with Gasteiger partial charge in [0.15, 0.2) is 5.69 Å². The first-order valence-corrected chi connectivity index (χ1v) is 6.02. The summed E-state index contributed by atoms with van der Waals surface area (Å²) in [4.78, 5) is 11.9. The molecule has 0 saturated carbocycles. The molecule has 92 valence electrons. The first-order valence-electron chi connectivity index (χ1n) is 5.23. The maximum Gasteiger partial charge on any atom is 0.276 e. The highest BCUT2D eigenvalue weighted by atomic mass is 79.9. The molecule has 0 saturated heterocycles. The Morgan fingerprint density at radius 1 is 1.28 bits per heavy atom. The zero-order chi connectivity index (χ0) is 13.1. The molecule has 2 aromatic rings. The van der Waals surface area contributed by atoms with Gasteiger partial charge in [0, 0.05) is 4.47 Å². The minimum atomic E-state index is -0.325. The van der Waals surface area contributed by atoms with E-state index in [0.717, 1.165) is 10.0 Å². The van der Waals surface area contributed by atoms with Gasteiger partial charge in [0.25, 0.3) is 5.91 Å². The van der Waals surface area contributed by atoms with Crippen molar-refractivity contribution in [2.24, 2.45) is 0 Å². The Morgan fingerprint density at radius 2 is 2.06 bits per heavy atom. The monoisotopic (exact) mass is 306 g/mol. The van der Waals surface area contributed by atoms with Crippen molar-refractivity contribution in [3.63, 3.8) is 0 Å². The Kier molecular flexibility index (Phi) is 3.57. The first-order chi connectivity index (χ1) is 8.56. The molecule has 0 bridgehead atoms. The summed E-state index contributed by atoms with van der Waals surface area (Å²) in [6, 6.07) is 8.75. The number of hydrogen-bond donors (Lipinski definition) is 2. The highest BCUT2D eigenvalue weighted by Gasteiger charge is 2.10. The number of carbonyl (C=O) groups excluding carboxylic acids is 1. The van der Waals surface area contributed by atoms with Crippen LogP contribution in [0.25, 0.3) is 0 Å². The largest absolute Gasteiger partial charge is 0.382 e. The fraction of sp³-hybridized carbons (Fsp3) is 0.0833. The molecule has 0 aliphatic heterocycles. The fourth-order valence-electron chi connectivity index (χ4n) is 1.38. The number of nitrogen functional groups attached to an aromatic ring is 1. The maximum absolute atomic E-state index is 11.9. The molecule has 0 unspecified atom stereocenters. The van der Waals surface area contributed by atoms with Crippen molar-refractivity contribution in [3.8, 4) is 0 Å². The number of nitrogens with zero attached hydrogens (tertiary/aromatic N) is 2. The van der Waals surface area contributed by atoms with Gasteiger partial charge in [0.05, 0.1) is 5.69 Å². The number of halogens is 1. The first kappa shape index (κ1) is 12.5. The summed E-state index contributed by atoms with van der Waals surface area (Å²) in [6.45, 7) is 1.95. The Labute approximate surface area is 113 Å². The van der Waals surface area contributed by atoms with Gasteiger partial charge in [0.2, 0.25) is 0 Å². The van der Waals surface area contributed by atoms with Crippen LogP contribution in [-0.2, 0) is 0 Å². The van der Waals surface area contributed by atoms with Crippen molar-refractivity contribution in [1.82, 2.24) is 10.2 Å². The van der Waals surface area contributed by atoms with Crippen LogP contribution < -0.4 is 11.1 Å². The van der Waals surface area contributed by atoms with Crippen LogP contribution in [-0.4, -0.2) is 16.1 Å². The number of anilines is 2. The van der Waals surface area contributed by atoms with Crippen LogP contribution in [0.5, 0.6) is 0 Å². The van der Waals surface area contributed by atoms with Gasteiger partial charge in [-0.05, 0) is 52.7 Å². The number of rotatable bonds is 2. The minimum Gasteiger partial charge on any atom is -0.382 e. The Hall–Kier alpha value is -1.95. The molecule has 0 fully saturated rings.